The molecule has 0 fully saturated rings. The van der Waals surface area contributed by atoms with Crippen molar-refractivity contribution >= 4 is 23.4 Å². The van der Waals surface area contributed by atoms with Crippen LogP contribution in [0.4, 0.5) is 20.3 Å². The van der Waals surface area contributed by atoms with Crippen molar-refractivity contribution in [2.45, 2.75) is 39.3 Å². The van der Waals surface area contributed by atoms with Crippen LogP contribution in [0, 0.1) is 11.6 Å². The highest BCUT2D eigenvalue weighted by molar-refractivity contribution is 6.03. The first-order valence-corrected chi connectivity index (χ1v) is 14.0. The predicted octanol–water partition coefficient (Wildman–Crippen LogP) is 6.18. The van der Waals surface area contributed by atoms with Crippen LogP contribution in [0.3, 0.4) is 0 Å². The molecule has 0 spiro atoms. The van der Waals surface area contributed by atoms with E-state index in [1.54, 1.807) is 75.2 Å². The SMILES string of the molecule is CCOC(=O)C(C)(C)c1ccc(Nc2nc(-c3c(F)cccc3F)nc3c2C(=O)N(Cc2ccc(OC)cc2OC)C3)cc1. The van der Waals surface area contributed by atoms with Crippen LogP contribution >= 0.6 is 0 Å². The third-order valence-electron chi connectivity index (χ3n) is 7.52. The van der Waals surface area contributed by atoms with Crippen LogP contribution in [0.15, 0.2) is 60.7 Å². The molecule has 1 aromatic heterocycles. The smallest absolute Gasteiger partial charge is 0.315 e. The molecule has 11 heteroatoms. The van der Waals surface area contributed by atoms with Crippen LogP contribution < -0.4 is 14.8 Å². The Labute approximate surface area is 253 Å². The number of halogens is 2. The van der Waals surface area contributed by atoms with Crippen LogP contribution in [0.25, 0.3) is 11.4 Å². The second-order valence-corrected chi connectivity index (χ2v) is 10.7. The van der Waals surface area contributed by atoms with Crippen molar-refractivity contribution in [1.82, 2.24) is 14.9 Å². The van der Waals surface area contributed by atoms with Crippen molar-refractivity contribution in [3.63, 3.8) is 0 Å². The van der Waals surface area contributed by atoms with Crippen molar-refractivity contribution in [2.24, 2.45) is 0 Å². The summed E-state index contributed by atoms with van der Waals surface area (Å²) in [6.07, 6.45) is 0. The molecule has 0 saturated heterocycles. The lowest BCUT2D eigenvalue weighted by molar-refractivity contribution is -0.148. The van der Waals surface area contributed by atoms with Gasteiger partial charge in [0.15, 0.2) is 5.82 Å². The molecule has 228 valence electrons. The number of methoxy groups -OCH3 is 2. The minimum Gasteiger partial charge on any atom is -0.497 e. The fourth-order valence-electron chi connectivity index (χ4n) is 5.02. The zero-order valence-corrected chi connectivity index (χ0v) is 25.0. The second kappa shape index (κ2) is 12.3. The Kier molecular flexibility index (Phi) is 8.48. The van der Waals surface area contributed by atoms with Crippen molar-refractivity contribution in [3.05, 3.63) is 94.7 Å². The van der Waals surface area contributed by atoms with Gasteiger partial charge in [-0.2, -0.15) is 0 Å². The number of hydrogen-bond acceptors (Lipinski definition) is 8. The molecule has 0 aliphatic carbocycles. The van der Waals surface area contributed by atoms with Gasteiger partial charge in [0.1, 0.15) is 34.5 Å². The number of nitrogens with one attached hydrogen (secondary N) is 1. The summed E-state index contributed by atoms with van der Waals surface area (Å²) in [5, 5.41) is 3.14. The molecule has 0 atom stereocenters. The number of anilines is 2. The minimum absolute atomic E-state index is 0.0797. The van der Waals surface area contributed by atoms with Crippen molar-refractivity contribution < 1.29 is 32.6 Å². The van der Waals surface area contributed by atoms with Crippen molar-refractivity contribution in [1.29, 1.82) is 0 Å². The first-order chi connectivity index (χ1) is 21.1. The van der Waals surface area contributed by atoms with Crippen LogP contribution in [0.2, 0.25) is 0 Å². The Morgan fingerprint density at radius 2 is 1.68 bits per heavy atom. The van der Waals surface area contributed by atoms with Gasteiger partial charge in [-0.3, -0.25) is 9.59 Å². The van der Waals surface area contributed by atoms with E-state index < -0.39 is 22.6 Å². The standard InChI is InChI=1S/C33H32F2N4O5/c1-6-44-32(41)33(2,3)20-11-13-21(14-12-20)36-30-28-25(37-29(38-30)27-23(34)8-7-9-24(27)35)18-39(31(28)40)17-19-10-15-22(42-4)16-26(19)43-5/h7-16H,6,17-18H2,1-5H3,(H,36,37,38). The summed E-state index contributed by atoms with van der Waals surface area (Å²) in [7, 11) is 3.08. The number of benzene rings is 3. The summed E-state index contributed by atoms with van der Waals surface area (Å²) in [5.74, 6) is -1.33. The van der Waals surface area contributed by atoms with Crippen LogP contribution in [0.1, 0.15) is 48.0 Å². The van der Waals surface area contributed by atoms with E-state index in [4.69, 9.17) is 14.2 Å². The first kappa shape index (κ1) is 30.4. The number of hydrogen-bond donors (Lipinski definition) is 1. The van der Waals surface area contributed by atoms with E-state index in [2.05, 4.69) is 15.3 Å². The summed E-state index contributed by atoms with van der Waals surface area (Å²) in [6, 6.07) is 15.8. The molecule has 1 amide bonds. The lowest BCUT2D eigenvalue weighted by Gasteiger charge is -2.23. The van der Waals surface area contributed by atoms with Crippen molar-refractivity contribution in [2.75, 3.05) is 26.1 Å². The molecule has 0 saturated carbocycles. The van der Waals surface area contributed by atoms with Gasteiger partial charge >= 0.3 is 5.97 Å². The van der Waals surface area contributed by atoms with Gasteiger partial charge < -0.3 is 24.4 Å². The maximum absolute atomic E-state index is 14.8. The Hall–Kier alpha value is -5.06. The zero-order valence-electron chi connectivity index (χ0n) is 25.0. The second-order valence-electron chi connectivity index (χ2n) is 10.7. The summed E-state index contributed by atoms with van der Waals surface area (Å²) < 4.78 is 45.7. The highest BCUT2D eigenvalue weighted by Crippen LogP contribution is 2.36. The molecule has 0 unspecified atom stereocenters. The van der Waals surface area contributed by atoms with E-state index in [0.717, 1.165) is 23.3 Å². The van der Waals surface area contributed by atoms with Gasteiger partial charge in [0.2, 0.25) is 0 Å². The van der Waals surface area contributed by atoms with E-state index >= 15 is 0 Å². The number of carbonyl (C=O) groups is 2. The molecule has 44 heavy (non-hydrogen) atoms. The molecule has 1 aliphatic heterocycles. The molecule has 1 aliphatic rings. The van der Waals surface area contributed by atoms with Gasteiger partial charge in [-0.1, -0.05) is 18.2 Å². The summed E-state index contributed by atoms with van der Waals surface area (Å²) in [6.45, 7) is 5.82. The highest BCUT2D eigenvalue weighted by atomic mass is 19.1. The van der Waals surface area contributed by atoms with Crippen LogP contribution in [-0.2, 0) is 28.0 Å². The van der Waals surface area contributed by atoms with E-state index in [1.165, 1.54) is 13.2 Å². The third kappa shape index (κ3) is 5.77. The Balaban J connectivity index is 1.52. The Morgan fingerprint density at radius 1 is 0.977 bits per heavy atom. The van der Waals surface area contributed by atoms with E-state index in [0.29, 0.717) is 22.9 Å². The van der Waals surface area contributed by atoms with Crippen LogP contribution in [0.5, 0.6) is 11.5 Å². The monoisotopic (exact) mass is 602 g/mol. The van der Waals surface area contributed by atoms with Gasteiger partial charge in [0.05, 0.1) is 50.6 Å². The summed E-state index contributed by atoms with van der Waals surface area (Å²) >= 11 is 0. The molecule has 5 rings (SSSR count). The molecular weight excluding hydrogens is 570 g/mol. The van der Waals surface area contributed by atoms with Gasteiger partial charge in [-0.25, -0.2) is 18.7 Å². The number of esters is 1. The van der Waals surface area contributed by atoms with E-state index in [9.17, 15) is 18.4 Å². The molecule has 9 nitrogen and oxygen atoms in total. The number of fused-ring (bicyclic) bond motifs is 1. The number of amides is 1. The van der Waals surface area contributed by atoms with E-state index in [1.807, 2.05) is 0 Å². The predicted molar refractivity (Wildman–Crippen MR) is 160 cm³/mol. The average molecular weight is 603 g/mol. The largest absolute Gasteiger partial charge is 0.497 e. The quantitative estimate of drug-likeness (QED) is 0.215. The molecule has 4 aromatic rings. The number of rotatable bonds is 10. The number of ether oxygens (including phenoxy) is 3. The number of aromatic nitrogens is 2. The first-order valence-electron chi connectivity index (χ1n) is 14.0. The van der Waals surface area contributed by atoms with Crippen LogP contribution in [-0.4, -0.2) is 47.6 Å². The molecule has 1 N–H and O–H groups in total. The fourth-order valence-corrected chi connectivity index (χ4v) is 5.02. The topological polar surface area (TPSA) is 103 Å². The normalized spacial score (nSPS) is 12.6. The average Bonchev–Trinajstić information content (AvgIpc) is 3.32. The lowest BCUT2D eigenvalue weighted by Crippen LogP contribution is -2.31. The molecule has 3 aromatic carbocycles. The lowest BCUT2D eigenvalue weighted by atomic mass is 9.84. The molecule has 0 radical (unpaired) electrons. The van der Waals surface area contributed by atoms with Gasteiger partial charge in [0.25, 0.3) is 5.91 Å². The number of nitrogens with zero attached hydrogens (tertiary/aromatic N) is 3. The fraction of sp³-hybridized carbons (Fsp3) is 0.273. The van der Waals surface area contributed by atoms with Crippen molar-refractivity contribution in [3.8, 4) is 22.9 Å². The Morgan fingerprint density at radius 3 is 2.32 bits per heavy atom. The third-order valence-corrected chi connectivity index (χ3v) is 7.52. The molecular formula is C33H32F2N4O5. The van der Waals surface area contributed by atoms with E-state index in [-0.39, 0.29) is 48.8 Å². The summed E-state index contributed by atoms with van der Waals surface area (Å²) in [5.41, 5.74) is 1.21. The molecule has 0 bridgehead atoms. The zero-order chi connectivity index (χ0) is 31.6. The maximum Gasteiger partial charge on any atom is 0.315 e. The summed E-state index contributed by atoms with van der Waals surface area (Å²) in [4.78, 5) is 36.7. The highest BCUT2D eigenvalue weighted by Gasteiger charge is 2.35. The number of carbonyl (C=O) groups excluding carboxylic acids is 2. The van der Waals surface area contributed by atoms with Gasteiger partial charge in [0, 0.05) is 17.3 Å². The van der Waals surface area contributed by atoms with Gasteiger partial charge in [-0.05, 0) is 62.7 Å². The van der Waals surface area contributed by atoms with Gasteiger partial charge in [-0.15, -0.1) is 0 Å². The molecule has 2 heterocycles. The minimum atomic E-state index is -0.890. The maximum atomic E-state index is 14.8. The Bertz CT molecular complexity index is 1710.